The normalized spacial score (nSPS) is 20.2. The van der Waals surface area contributed by atoms with Gasteiger partial charge in [0.1, 0.15) is 29.9 Å². The van der Waals surface area contributed by atoms with Crippen LogP contribution in [0.2, 0.25) is 0 Å². The average Bonchev–Trinajstić information content (AvgIpc) is 3.64. The zero-order chi connectivity index (χ0) is 38.1. The number of rotatable bonds is 5. The molecule has 2 aliphatic heterocycles. The Hall–Kier alpha value is -5.41. The summed E-state index contributed by atoms with van der Waals surface area (Å²) in [6.07, 6.45) is 2.68. The van der Waals surface area contributed by atoms with Crippen molar-refractivity contribution in [2.75, 3.05) is 18.4 Å². The molecule has 3 aromatic heterocycles. The topological polar surface area (TPSA) is 161 Å². The first-order chi connectivity index (χ1) is 25.1. The van der Waals surface area contributed by atoms with Gasteiger partial charge in [0, 0.05) is 61.3 Å². The number of nitrogens with zero attached hydrogens (tertiary/aromatic N) is 6. The summed E-state index contributed by atoms with van der Waals surface area (Å²) in [4.78, 5) is 68.1. The number of nitrogens with one attached hydrogen (secondary N) is 2. The smallest absolute Gasteiger partial charge is 0.388 e. The van der Waals surface area contributed by atoms with Crippen LogP contribution >= 0.6 is 0 Å². The molecule has 0 spiro atoms. The molecule has 280 valence electrons. The number of aryl methyl sites for hydroxylation is 3. The number of ether oxygens (including phenoxy) is 1. The van der Waals surface area contributed by atoms with Gasteiger partial charge in [0.05, 0.1) is 5.52 Å². The molecule has 16 heteroatoms. The quantitative estimate of drug-likeness (QED) is 0.253. The van der Waals surface area contributed by atoms with E-state index >= 15 is 0 Å². The van der Waals surface area contributed by atoms with E-state index in [-0.39, 0.29) is 49.3 Å². The molecule has 0 aliphatic carbocycles. The minimum atomic E-state index is -4.99. The molecule has 13 nitrogen and oxygen atoms in total. The zero-order valence-corrected chi connectivity index (χ0v) is 30.0. The standard InChI is InChI=1S/C37H41F3N8O5/c1-21-11-12-30(53-37(38,39)40)44-34(21)45-35(52)28-15-36(4)19-43-29(50)10-8-6-5-7-9-24-13-25(26-16-41-23(3)42-17-26)14-27-32(22(2)49)46-48(33(24)27)18-31(51)47(28)20-36/h11-14,16-17,28H,5-10,15,18-20H2,1-4H3,(H,43,50)(H,44,45,52)/t28-,36-/m0/s1. The zero-order valence-electron chi connectivity index (χ0n) is 30.0. The van der Waals surface area contributed by atoms with Crippen molar-refractivity contribution < 1.29 is 37.1 Å². The summed E-state index contributed by atoms with van der Waals surface area (Å²) in [5.41, 5.74) is 2.91. The lowest BCUT2D eigenvalue weighted by Gasteiger charge is -2.26. The van der Waals surface area contributed by atoms with Gasteiger partial charge in [-0.3, -0.25) is 23.9 Å². The molecule has 2 aliphatic rings. The van der Waals surface area contributed by atoms with Crippen LogP contribution in [0.5, 0.6) is 5.88 Å². The SMILES string of the molecule is CC(=O)c1nn2c3c(cc(-c4cnc(C)nc4)cc13)CCCCCCC(=O)NC[C@]1(C)C[C@@H](C(=O)Nc3nc(OC(F)(F)F)ccc3C)N(C1)C(=O)C2. The van der Waals surface area contributed by atoms with Crippen LogP contribution in [-0.4, -0.2) is 78.6 Å². The van der Waals surface area contributed by atoms with E-state index in [2.05, 4.69) is 35.4 Å². The van der Waals surface area contributed by atoms with Crippen LogP contribution < -0.4 is 15.4 Å². The van der Waals surface area contributed by atoms with Crippen molar-refractivity contribution in [3.05, 3.63) is 59.3 Å². The van der Waals surface area contributed by atoms with Crippen LogP contribution in [-0.2, 0) is 27.3 Å². The highest BCUT2D eigenvalue weighted by molar-refractivity contribution is 6.07. The van der Waals surface area contributed by atoms with E-state index in [0.717, 1.165) is 42.0 Å². The van der Waals surface area contributed by atoms with Crippen molar-refractivity contribution in [1.29, 1.82) is 0 Å². The highest BCUT2D eigenvalue weighted by atomic mass is 19.4. The fraction of sp³-hybridized carbons (Fsp3) is 0.459. The van der Waals surface area contributed by atoms with Gasteiger partial charge < -0.3 is 20.3 Å². The lowest BCUT2D eigenvalue weighted by Crippen LogP contribution is -2.45. The number of pyridine rings is 1. The van der Waals surface area contributed by atoms with Gasteiger partial charge in [-0.25, -0.2) is 9.97 Å². The van der Waals surface area contributed by atoms with E-state index in [4.69, 9.17) is 0 Å². The Bertz CT molecular complexity index is 2070. The van der Waals surface area contributed by atoms with Crippen LogP contribution in [0, 0.1) is 19.3 Å². The highest BCUT2D eigenvalue weighted by Crippen LogP contribution is 2.37. The minimum Gasteiger partial charge on any atom is -0.388 e. The number of halogens is 3. The van der Waals surface area contributed by atoms with Gasteiger partial charge in [-0.2, -0.15) is 10.1 Å². The molecule has 0 saturated carbocycles. The van der Waals surface area contributed by atoms with Crippen molar-refractivity contribution in [2.24, 2.45) is 5.41 Å². The summed E-state index contributed by atoms with van der Waals surface area (Å²) in [6, 6.07) is 5.16. The molecule has 1 saturated heterocycles. The summed E-state index contributed by atoms with van der Waals surface area (Å²) < 4.78 is 44.3. The van der Waals surface area contributed by atoms with Crippen LogP contribution in [0.15, 0.2) is 36.7 Å². The molecule has 2 bridgehead atoms. The first-order valence-electron chi connectivity index (χ1n) is 17.5. The number of aromatic nitrogens is 5. The molecule has 0 radical (unpaired) electrons. The summed E-state index contributed by atoms with van der Waals surface area (Å²) >= 11 is 0. The van der Waals surface area contributed by atoms with E-state index in [9.17, 15) is 32.3 Å². The Morgan fingerprint density at radius 2 is 1.74 bits per heavy atom. The fourth-order valence-electron chi connectivity index (χ4n) is 7.05. The Balaban J connectivity index is 1.39. The van der Waals surface area contributed by atoms with Crippen LogP contribution in [0.25, 0.3) is 22.0 Å². The number of hydrogen-bond donors (Lipinski definition) is 2. The maximum absolute atomic E-state index is 14.4. The monoisotopic (exact) mass is 734 g/mol. The Morgan fingerprint density at radius 1 is 1.02 bits per heavy atom. The lowest BCUT2D eigenvalue weighted by molar-refractivity contribution is -0.276. The van der Waals surface area contributed by atoms with Gasteiger partial charge in [-0.05, 0) is 68.4 Å². The second-order valence-corrected chi connectivity index (χ2v) is 14.2. The van der Waals surface area contributed by atoms with E-state index in [1.807, 2.05) is 19.1 Å². The first-order valence-corrected chi connectivity index (χ1v) is 17.5. The third-order valence-electron chi connectivity index (χ3n) is 9.74. The number of alkyl halides is 3. The summed E-state index contributed by atoms with van der Waals surface area (Å²) in [6.45, 7) is 6.62. The fourth-order valence-corrected chi connectivity index (χ4v) is 7.05. The molecule has 1 fully saturated rings. The molecule has 2 atom stereocenters. The third kappa shape index (κ3) is 8.63. The van der Waals surface area contributed by atoms with Gasteiger partial charge in [-0.15, -0.1) is 13.2 Å². The van der Waals surface area contributed by atoms with E-state index < -0.39 is 35.5 Å². The number of carbonyl (C=O) groups excluding carboxylic acids is 4. The highest BCUT2D eigenvalue weighted by Gasteiger charge is 2.46. The number of fused-ring (bicyclic) bond motifs is 2. The molecule has 4 aromatic rings. The third-order valence-corrected chi connectivity index (χ3v) is 9.74. The average molecular weight is 735 g/mol. The molecular formula is C37H41F3N8O5. The van der Waals surface area contributed by atoms with E-state index in [1.54, 1.807) is 26.2 Å². The lowest BCUT2D eigenvalue weighted by atomic mass is 9.87. The number of anilines is 1. The predicted molar refractivity (Wildman–Crippen MR) is 188 cm³/mol. The van der Waals surface area contributed by atoms with Gasteiger partial charge in [-0.1, -0.05) is 25.8 Å². The van der Waals surface area contributed by atoms with Crippen LogP contribution in [0.1, 0.15) is 79.8 Å². The van der Waals surface area contributed by atoms with Crippen molar-refractivity contribution in [1.82, 2.24) is 34.9 Å². The van der Waals surface area contributed by atoms with Crippen molar-refractivity contribution >= 4 is 40.2 Å². The second kappa shape index (κ2) is 14.9. The van der Waals surface area contributed by atoms with Gasteiger partial charge in [0.2, 0.25) is 23.6 Å². The number of benzene rings is 1. The van der Waals surface area contributed by atoms with Gasteiger partial charge in [0.25, 0.3) is 0 Å². The number of hydrogen-bond acceptors (Lipinski definition) is 9. The summed E-state index contributed by atoms with van der Waals surface area (Å²) in [7, 11) is 0. The van der Waals surface area contributed by atoms with Gasteiger partial charge >= 0.3 is 6.36 Å². The molecule has 1 aromatic carbocycles. The molecule has 53 heavy (non-hydrogen) atoms. The first kappa shape index (κ1) is 37.4. The molecular weight excluding hydrogens is 693 g/mol. The number of ketones is 1. The van der Waals surface area contributed by atoms with Crippen LogP contribution in [0.4, 0.5) is 19.0 Å². The molecule has 0 unspecified atom stereocenters. The number of amides is 3. The Kier molecular flexibility index (Phi) is 10.5. The molecule has 5 heterocycles. The molecule has 3 amide bonds. The van der Waals surface area contributed by atoms with Crippen molar-refractivity contribution in [3.63, 3.8) is 0 Å². The number of carbonyl (C=O) groups is 4. The molecule has 6 rings (SSSR count). The summed E-state index contributed by atoms with van der Waals surface area (Å²) in [5, 5.41) is 10.8. The Morgan fingerprint density at radius 3 is 2.43 bits per heavy atom. The van der Waals surface area contributed by atoms with Crippen molar-refractivity contribution in [2.45, 2.75) is 91.6 Å². The van der Waals surface area contributed by atoms with Crippen LogP contribution in [0.3, 0.4) is 0 Å². The largest absolute Gasteiger partial charge is 0.574 e. The van der Waals surface area contributed by atoms with Crippen molar-refractivity contribution in [3.8, 4) is 17.0 Å². The minimum absolute atomic E-state index is 0.0943. The maximum atomic E-state index is 14.4. The second-order valence-electron chi connectivity index (χ2n) is 14.2. The van der Waals surface area contributed by atoms with E-state index in [1.165, 1.54) is 22.6 Å². The van der Waals surface area contributed by atoms with E-state index in [0.29, 0.717) is 41.6 Å². The molecule has 2 N–H and O–H groups in total. The Labute approximate surface area is 303 Å². The summed E-state index contributed by atoms with van der Waals surface area (Å²) in [5.74, 6) is -1.83. The number of Topliss-reactive ketones (excluding diaryl/α,β-unsaturated/α-hetero) is 1. The predicted octanol–water partition coefficient (Wildman–Crippen LogP) is 5.48. The maximum Gasteiger partial charge on any atom is 0.574 e. The van der Waals surface area contributed by atoms with Gasteiger partial charge in [0.15, 0.2) is 5.78 Å².